The summed E-state index contributed by atoms with van der Waals surface area (Å²) in [6, 6.07) is 18.5. The zero-order chi connectivity index (χ0) is 14.4. The number of hydrogen-bond donors (Lipinski definition) is 2. The van der Waals surface area contributed by atoms with Gasteiger partial charge in [0.1, 0.15) is 0 Å². The molecule has 0 amide bonds. The van der Waals surface area contributed by atoms with E-state index in [1.807, 2.05) is 18.2 Å². The Morgan fingerprint density at radius 2 is 1.40 bits per heavy atom. The van der Waals surface area contributed by atoms with E-state index in [1.54, 1.807) is 0 Å². The Bertz CT molecular complexity index is 554. The number of para-hydroxylation sites is 1. The molecule has 2 aromatic carbocycles. The number of hydrogen-bond acceptors (Lipinski definition) is 2. The summed E-state index contributed by atoms with van der Waals surface area (Å²) in [5.74, 6) is 0.557. The molecule has 0 spiro atoms. The summed E-state index contributed by atoms with van der Waals surface area (Å²) in [6.07, 6.45) is 2.22. The number of rotatable bonds is 5. The summed E-state index contributed by atoms with van der Waals surface area (Å²) in [5, 5.41) is 6.77. The monoisotopic (exact) mass is 266 g/mol. The minimum Gasteiger partial charge on any atom is -0.359 e. The predicted octanol–water partition coefficient (Wildman–Crippen LogP) is 5.40. The molecule has 0 heterocycles. The standard InChI is InChI=1S/C18H22N2/c1-14(2)13-15(3)19-17-9-11-18(12-10-17)20-16-7-5-4-6-8-16/h4-14,19-20H,1-3H3. The molecule has 2 nitrogen and oxygen atoms in total. The zero-order valence-electron chi connectivity index (χ0n) is 12.4. The molecule has 2 heteroatoms. The fourth-order valence-electron chi connectivity index (χ4n) is 2.09. The molecule has 104 valence electrons. The first kappa shape index (κ1) is 14.2. The van der Waals surface area contributed by atoms with Crippen LogP contribution in [0.1, 0.15) is 20.8 Å². The van der Waals surface area contributed by atoms with E-state index in [1.165, 1.54) is 5.70 Å². The lowest BCUT2D eigenvalue weighted by atomic mass is 10.2. The highest BCUT2D eigenvalue weighted by molar-refractivity contribution is 5.62. The molecule has 0 aliphatic rings. The van der Waals surface area contributed by atoms with E-state index in [2.05, 4.69) is 73.9 Å². The number of allylic oxidation sites excluding steroid dienone is 2. The molecule has 0 aliphatic carbocycles. The Morgan fingerprint density at radius 3 is 2.00 bits per heavy atom. The second kappa shape index (κ2) is 6.80. The van der Waals surface area contributed by atoms with Crippen molar-refractivity contribution >= 4 is 17.1 Å². The molecule has 0 aliphatic heterocycles. The highest BCUT2D eigenvalue weighted by atomic mass is 14.9. The van der Waals surface area contributed by atoms with Crippen molar-refractivity contribution in [1.82, 2.24) is 0 Å². The van der Waals surface area contributed by atoms with Gasteiger partial charge in [-0.25, -0.2) is 0 Å². The topological polar surface area (TPSA) is 24.1 Å². The van der Waals surface area contributed by atoms with Crippen LogP contribution in [0.2, 0.25) is 0 Å². The molecular formula is C18H22N2. The van der Waals surface area contributed by atoms with Crippen molar-refractivity contribution in [3.05, 3.63) is 66.4 Å². The van der Waals surface area contributed by atoms with Gasteiger partial charge in [-0.1, -0.05) is 38.1 Å². The van der Waals surface area contributed by atoms with Gasteiger partial charge in [-0.2, -0.15) is 0 Å². The molecule has 0 fully saturated rings. The number of benzene rings is 2. The van der Waals surface area contributed by atoms with Gasteiger partial charge in [-0.15, -0.1) is 0 Å². The Hall–Kier alpha value is -2.22. The zero-order valence-corrected chi connectivity index (χ0v) is 12.4. The van der Waals surface area contributed by atoms with Crippen LogP contribution in [0.25, 0.3) is 0 Å². The van der Waals surface area contributed by atoms with Crippen molar-refractivity contribution in [2.45, 2.75) is 20.8 Å². The molecular weight excluding hydrogens is 244 g/mol. The summed E-state index contributed by atoms with van der Waals surface area (Å²) in [4.78, 5) is 0. The van der Waals surface area contributed by atoms with Crippen LogP contribution in [0.15, 0.2) is 66.4 Å². The summed E-state index contributed by atoms with van der Waals surface area (Å²) >= 11 is 0. The Kier molecular flexibility index (Phi) is 4.83. The normalized spacial score (nSPS) is 11.5. The maximum Gasteiger partial charge on any atom is 0.0385 e. The van der Waals surface area contributed by atoms with Crippen LogP contribution >= 0.6 is 0 Å². The lowest BCUT2D eigenvalue weighted by molar-refractivity contribution is 0.822. The predicted molar refractivity (Wildman–Crippen MR) is 88.4 cm³/mol. The van der Waals surface area contributed by atoms with E-state index < -0.39 is 0 Å². The van der Waals surface area contributed by atoms with E-state index in [0.29, 0.717) is 5.92 Å². The lowest BCUT2D eigenvalue weighted by Crippen LogP contribution is -1.97. The van der Waals surface area contributed by atoms with Gasteiger partial charge in [0.15, 0.2) is 0 Å². The summed E-state index contributed by atoms with van der Waals surface area (Å²) < 4.78 is 0. The first-order valence-corrected chi connectivity index (χ1v) is 7.01. The third-order valence-electron chi connectivity index (χ3n) is 2.87. The third-order valence-corrected chi connectivity index (χ3v) is 2.87. The van der Waals surface area contributed by atoms with Gasteiger partial charge < -0.3 is 10.6 Å². The van der Waals surface area contributed by atoms with Crippen molar-refractivity contribution in [2.24, 2.45) is 5.92 Å². The molecule has 20 heavy (non-hydrogen) atoms. The van der Waals surface area contributed by atoms with Crippen molar-refractivity contribution in [3.8, 4) is 0 Å². The van der Waals surface area contributed by atoms with E-state index in [0.717, 1.165) is 17.1 Å². The van der Waals surface area contributed by atoms with Gasteiger partial charge in [0.05, 0.1) is 0 Å². The van der Waals surface area contributed by atoms with Gasteiger partial charge in [0.25, 0.3) is 0 Å². The molecule has 0 saturated heterocycles. The molecule has 2 aromatic rings. The van der Waals surface area contributed by atoms with E-state index in [-0.39, 0.29) is 0 Å². The Labute approximate surface area is 121 Å². The van der Waals surface area contributed by atoms with Crippen molar-refractivity contribution in [2.75, 3.05) is 10.6 Å². The fraction of sp³-hybridized carbons (Fsp3) is 0.222. The second-order valence-electron chi connectivity index (χ2n) is 5.29. The highest BCUT2D eigenvalue weighted by Gasteiger charge is 1.97. The molecule has 0 unspecified atom stereocenters. The van der Waals surface area contributed by atoms with Crippen LogP contribution in [0, 0.1) is 5.92 Å². The molecule has 0 bridgehead atoms. The summed E-state index contributed by atoms with van der Waals surface area (Å²) in [6.45, 7) is 6.45. The molecule has 0 aromatic heterocycles. The minimum absolute atomic E-state index is 0.557. The fourth-order valence-corrected chi connectivity index (χ4v) is 2.09. The van der Waals surface area contributed by atoms with Crippen LogP contribution in [0.4, 0.5) is 17.1 Å². The highest BCUT2D eigenvalue weighted by Crippen LogP contribution is 2.19. The van der Waals surface area contributed by atoms with Gasteiger partial charge in [-0.05, 0) is 49.2 Å². The van der Waals surface area contributed by atoms with Gasteiger partial charge >= 0.3 is 0 Å². The van der Waals surface area contributed by atoms with Gasteiger partial charge in [0, 0.05) is 22.8 Å². The minimum atomic E-state index is 0.557. The average molecular weight is 266 g/mol. The van der Waals surface area contributed by atoms with Crippen LogP contribution in [-0.2, 0) is 0 Å². The first-order chi connectivity index (χ1) is 9.63. The van der Waals surface area contributed by atoms with E-state index in [9.17, 15) is 0 Å². The molecule has 2 rings (SSSR count). The van der Waals surface area contributed by atoms with Crippen molar-refractivity contribution in [1.29, 1.82) is 0 Å². The van der Waals surface area contributed by atoms with E-state index >= 15 is 0 Å². The van der Waals surface area contributed by atoms with E-state index in [4.69, 9.17) is 0 Å². The van der Waals surface area contributed by atoms with Gasteiger partial charge in [-0.3, -0.25) is 0 Å². The van der Waals surface area contributed by atoms with Crippen LogP contribution in [0.5, 0.6) is 0 Å². The van der Waals surface area contributed by atoms with Crippen LogP contribution in [-0.4, -0.2) is 0 Å². The first-order valence-electron chi connectivity index (χ1n) is 7.01. The second-order valence-corrected chi connectivity index (χ2v) is 5.29. The quantitative estimate of drug-likeness (QED) is 0.757. The van der Waals surface area contributed by atoms with Crippen molar-refractivity contribution < 1.29 is 0 Å². The van der Waals surface area contributed by atoms with Gasteiger partial charge in [0.2, 0.25) is 0 Å². The summed E-state index contributed by atoms with van der Waals surface area (Å²) in [7, 11) is 0. The molecule has 0 saturated carbocycles. The maximum absolute atomic E-state index is 3.40. The number of nitrogens with one attached hydrogen (secondary N) is 2. The van der Waals surface area contributed by atoms with Crippen LogP contribution < -0.4 is 10.6 Å². The van der Waals surface area contributed by atoms with Crippen molar-refractivity contribution in [3.63, 3.8) is 0 Å². The number of anilines is 3. The summed E-state index contributed by atoms with van der Waals surface area (Å²) in [5.41, 5.74) is 4.48. The van der Waals surface area contributed by atoms with Crippen LogP contribution in [0.3, 0.4) is 0 Å². The molecule has 0 radical (unpaired) electrons. The smallest absolute Gasteiger partial charge is 0.0385 e. The molecule has 2 N–H and O–H groups in total. The molecule has 0 atom stereocenters. The average Bonchev–Trinajstić information content (AvgIpc) is 2.41. The third kappa shape index (κ3) is 4.47. The Balaban J connectivity index is 2.00. The maximum atomic E-state index is 3.40. The largest absolute Gasteiger partial charge is 0.359 e. The lowest BCUT2D eigenvalue weighted by Gasteiger charge is -2.10. The SMILES string of the molecule is CC(=CC(C)C)Nc1ccc(Nc2ccccc2)cc1. The Morgan fingerprint density at radius 1 is 0.850 bits per heavy atom.